The first-order chi connectivity index (χ1) is 8.08. The number of phenolic OH excluding ortho intramolecular Hbond substituents is 1. The summed E-state index contributed by atoms with van der Waals surface area (Å²) in [6, 6.07) is 10.2. The van der Waals surface area contributed by atoms with Crippen LogP contribution in [0.4, 0.5) is 4.39 Å². The number of rotatable bonds is 2. The normalized spacial score (nSPS) is 10.2. The molecule has 0 spiro atoms. The van der Waals surface area contributed by atoms with Crippen molar-refractivity contribution in [3.8, 4) is 16.9 Å². The molecule has 2 N–H and O–H groups in total. The second-order valence-electron chi connectivity index (χ2n) is 3.55. The van der Waals surface area contributed by atoms with Crippen LogP contribution in [0.25, 0.3) is 11.1 Å². The number of hydrogen-bond acceptors (Lipinski definition) is 2. The molecule has 0 aromatic heterocycles. The van der Waals surface area contributed by atoms with Crippen molar-refractivity contribution >= 4 is 5.97 Å². The second-order valence-corrected chi connectivity index (χ2v) is 3.55. The highest BCUT2D eigenvalue weighted by Crippen LogP contribution is 2.24. The monoisotopic (exact) mass is 232 g/mol. The number of aromatic carboxylic acids is 1. The first kappa shape index (κ1) is 11.1. The molecule has 0 atom stereocenters. The van der Waals surface area contributed by atoms with Crippen LogP contribution in [0.15, 0.2) is 42.5 Å². The zero-order valence-electron chi connectivity index (χ0n) is 8.72. The standard InChI is InChI=1S/C13H9FO3/c14-12-7-9(4-5-11(12)13(16)17)8-2-1-3-10(15)6-8/h1-7,15H,(H,16,17). The first-order valence-electron chi connectivity index (χ1n) is 4.90. The van der Waals surface area contributed by atoms with E-state index in [1.165, 1.54) is 24.3 Å². The smallest absolute Gasteiger partial charge is 0.338 e. The summed E-state index contributed by atoms with van der Waals surface area (Å²) in [5.74, 6) is -2.02. The van der Waals surface area contributed by atoms with Crippen molar-refractivity contribution in [1.82, 2.24) is 0 Å². The third-order valence-corrected chi connectivity index (χ3v) is 2.38. The lowest BCUT2D eigenvalue weighted by molar-refractivity contribution is 0.0692. The lowest BCUT2D eigenvalue weighted by Gasteiger charge is -2.04. The Hall–Kier alpha value is -2.36. The van der Waals surface area contributed by atoms with Crippen molar-refractivity contribution in [2.75, 3.05) is 0 Å². The summed E-state index contributed by atoms with van der Waals surface area (Å²) in [5, 5.41) is 18.0. The molecule has 0 bridgehead atoms. The van der Waals surface area contributed by atoms with E-state index in [0.717, 1.165) is 6.07 Å². The van der Waals surface area contributed by atoms with E-state index in [2.05, 4.69) is 0 Å². The molecule has 0 unspecified atom stereocenters. The van der Waals surface area contributed by atoms with Crippen LogP contribution in [0.2, 0.25) is 0 Å². The van der Waals surface area contributed by atoms with Crippen LogP contribution in [0.1, 0.15) is 10.4 Å². The highest BCUT2D eigenvalue weighted by Gasteiger charge is 2.11. The summed E-state index contributed by atoms with van der Waals surface area (Å²) in [5.41, 5.74) is 0.776. The van der Waals surface area contributed by atoms with Gasteiger partial charge in [-0.1, -0.05) is 18.2 Å². The molecular formula is C13H9FO3. The number of phenols is 1. The maximum atomic E-state index is 13.4. The van der Waals surface area contributed by atoms with E-state index in [9.17, 15) is 14.3 Å². The fourth-order valence-electron chi connectivity index (χ4n) is 1.55. The summed E-state index contributed by atoms with van der Waals surface area (Å²) >= 11 is 0. The largest absolute Gasteiger partial charge is 0.508 e. The summed E-state index contributed by atoms with van der Waals surface area (Å²) in [7, 11) is 0. The minimum absolute atomic E-state index is 0.0743. The SMILES string of the molecule is O=C(O)c1ccc(-c2cccc(O)c2)cc1F. The highest BCUT2D eigenvalue weighted by atomic mass is 19.1. The molecule has 0 saturated carbocycles. The Morgan fingerprint density at radius 3 is 2.35 bits per heavy atom. The van der Waals surface area contributed by atoms with Crippen LogP contribution in [0.5, 0.6) is 5.75 Å². The van der Waals surface area contributed by atoms with Crippen molar-refractivity contribution in [2.45, 2.75) is 0 Å². The van der Waals surface area contributed by atoms with Gasteiger partial charge in [0.05, 0.1) is 5.56 Å². The molecule has 0 amide bonds. The Kier molecular flexibility index (Phi) is 2.78. The van der Waals surface area contributed by atoms with Crippen LogP contribution >= 0.6 is 0 Å². The van der Waals surface area contributed by atoms with Gasteiger partial charge < -0.3 is 10.2 Å². The molecule has 86 valence electrons. The van der Waals surface area contributed by atoms with Gasteiger partial charge in [-0.3, -0.25) is 0 Å². The van der Waals surface area contributed by atoms with Gasteiger partial charge in [-0.15, -0.1) is 0 Å². The predicted molar refractivity (Wildman–Crippen MR) is 60.5 cm³/mol. The minimum atomic E-state index is -1.30. The number of carbonyl (C=O) groups is 1. The average molecular weight is 232 g/mol. The number of halogens is 1. The van der Waals surface area contributed by atoms with Gasteiger partial charge in [-0.2, -0.15) is 0 Å². The maximum Gasteiger partial charge on any atom is 0.338 e. The van der Waals surface area contributed by atoms with E-state index >= 15 is 0 Å². The molecule has 17 heavy (non-hydrogen) atoms. The lowest BCUT2D eigenvalue weighted by atomic mass is 10.0. The number of carboxylic acid groups (broad SMARTS) is 1. The summed E-state index contributed by atoms with van der Waals surface area (Å²) < 4.78 is 13.4. The maximum absolute atomic E-state index is 13.4. The third-order valence-electron chi connectivity index (χ3n) is 2.38. The topological polar surface area (TPSA) is 57.5 Å². The Bertz CT molecular complexity index is 579. The van der Waals surface area contributed by atoms with Crippen molar-refractivity contribution in [3.63, 3.8) is 0 Å². The zero-order chi connectivity index (χ0) is 12.4. The number of benzene rings is 2. The molecule has 0 fully saturated rings. The molecule has 0 heterocycles. The second kappa shape index (κ2) is 4.25. The zero-order valence-corrected chi connectivity index (χ0v) is 8.72. The van der Waals surface area contributed by atoms with Crippen molar-refractivity contribution in [3.05, 3.63) is 53.8 Å². The van der Waals surface area contributed by atoms with Gasteiger partial charge in [-0.05, 0) is 35.4 Å². The molecular weight excluding hydrogens is 223 g/mol. The molecule has 2 aromatic rings. The van der Waals surface area contributed by atoms with Crippen LogP contribution in [-0.2, 0) is 0 Å². The molecule has 3 nitrogen and oxygen atoms in total. The number of aromatic hydroxyl groups is 1. The van der Waals surface area contributed by atoms with Gasteiger partial charge in [0, 0.05) is 0 Å². The Morgan fingerprint density at radius 2 is 1.76 bits per heavy atom. The quantitative estimate of drug-likeness (QED) is 0.836. The van der Waals surface area contributed by atoms with E-state index < -0.39 is 11.8 Å². The van der Waals surface area contributed by atoms with Gasteiger partial charge in [0.15, 0.2) is 0 Å². The lowest BCUT2D eigenvalue weighted by Crippen LogP contribution is -2.00. The van der Waals surface area contributed by atoms with Crippen LogP contribution < -0.4 is 0 Å². The van der Waals surface area contributed by atoms with Gasteiger partial charge in [0.2, 0.25) is 0 Å². The molecule has 2 aromatic carbocycles. The molecule has 0 radical (unpaired) electrons. The molecule has 4 heteroatoms. The predicted octanol–water partition coefficient (Wildman–Crippen LogP) is 2.90. The number of carboxylic acids is 1. The van der Waals surface area contributed by atoms with Gasteiger partial charge in [0.25, 0.3) is 0 Å². The van der Waals surface area contributed by atoms with Crippen LogP contribution in [-0.4, -0.2) is 16.2 Å². The van der Waals surface area contributed by atoms with E-state index in [1.54, 1.807) is 12.1 Å². The minimum Gasteiger partial charge on any atom is -0.508 e. The fourth-order valence-corrected chi connectivity index (χ4v) is 1.55. The molecule has 0 saturated heterocycles. The molecule has 0 aliphatic carbocycles. The van der Waals surface area contributed by atoms with Crippen LogP contribution in [0.3, 0.4) is 0 Å². The first-order valence-corrected chi connectivity index (χ1v) is 4.90. The van der Waals surface area contributed by atoms with E-state index in [1.807, 2.05) is 0 Å². The van der Waals surface area contributed by atoms with Crippen LogP contribution in [0, 0.1) is 5.82 Å². The van der Waals surface area contributed by atoms with E-state index in [0.29, 0.717) is 11.1 Å². The van der Waals surface area contributed by atoms with Crippen molar-refractivity contribution in [1.29, 1.82) is 0 Å². The van der Waals surface area contributed by atoms with Crippen molar-refractivity contribution in [2.24, 2.45) is 0 Å². The Balaban J connectivity index is 2.48. The Labute approximate surface area is 96.8 Å². The summed E-state index contributed by atoms with van der Waals surface area (Å²) in [4.78, 5) is 10.6. The molecule has 2 rings (SSSR count). The van der Waals surface area contributed by atoms with Gasteiger partial charge in [-0.25, -0.2) is 9.18 Å². The number of hydrogen-bond donors (Lipinski definition) is 2. The van der Waals surface area contributed by atoms with Gasteiger partial charge >= 0.3 is 5.97 Å². The summed E-state index contributed by atoms with van der Waals surface area (Å²) in [6.45, 7) is 0. The summed E-state index contributed by atoms with van der Waals surface area (Å²) in [6.07, 6.45) is 0. The Morgan fingerprint density at radius 1 is 1.06 bits per heavy atom. The van der Waals surface area contributed by atoms with E-state index in [-0.39, 0.29) is 11.3 Å². The average Bonchev–Trinajstić information content (AvgIpc) is 2.28. The van der Waals surface area contributed by atoms with E-state index in [4.69, 9.17) is 5.11 Å². The molecule has 0 aliphatic heterocycles. The van der Waals surface area contributed by atoms with Crippen molar-refractivity contribution < 1.29 is 19.4 Å². The fraction of sp³-hybridized carbons (Fsp3) is 0. The van der Waals surface area contributed by atoms with Gasteiger partial charge in [0.1, 0.15) is 11.6 Å². The molecule has 0 aliphatic rings. The third kappa shape index (κ3) is 2.25. The highest BCUT2D eigenvalue weighted by molar-refractivity contribution is 5.88.